The Labute approximate surface area is 108 Å². The van der Waals surface area contributed by atoms with Crippen LogP contribution in [0.1, 0.15) is 18.7 Å². The van der Waals surface area contributed by atoms with E-state index in [1.165, 1.54) is 10.5 Å². The Morgan fingerprint density at radius 1 is 1.61 bits per heavy atom. The van der Waals surface area contributed by atoms with E-state index in [2.05, 4.69) is 14.9 Å². The lowest BCUT2D eigenvalue weighted by Gasteiger charge is -2.24. The van der Waals surface area contributed by atoms with Crippen LogP contribution in [0.15, 0.2) is 11.2 Å². The number of H-pyrrole nitrogens is 1. The number of nitrogens with zero attached hydrogens (tertiary/aromatic N) is 3. The summed E-state index contributed by atoms with van der Waals surface area (Å²) in [5, 5.41) is 0.170. The van der Waals surface area contributed by atoms with Gasteiger partial charge in [0.15, 0.2) is 5.03 Å². The molecular weight excluding hydrogens is 252 g/mol. The highest BCUT2D eigenvalue weighted by Gasteiger charge is 2.28. The van der Waals surface area contributed by atoms with Gasteiger partial charge in [0.25, 0.3) is 10.0 Å². The van der Waals surface area contributed by atoms with Crippen LogP contribution in [0.25, 0.3) is 0 Å². The predicted octanol–water partition coefficient (Wildman–Crippen LogP) is 0.433. The number of aryl methyl sites for hydroxylation is 1. The van der Waals surface area contributed by atoms with E-state index in [1.807, 2.05) is 7.05 Å². The van der Waals surface area contributed by atoms with Gasteiger partial charge in [-0.15, -0.1) is 0 Å². The van der Waals surface area contributed by atoms with Gasteiger partial charge in [-0.1, -0.05) is 0 Å². The molecule has 18 heavy (non-hydrogen) atoms. The van der Waals surface area contributed by atoms with Crippen LogP contribution in [0.3, 0.4) is 0 Å². The second kappa shape index (κ2) is 4.99. The maximum atomic E-state index is 12.3. The number of rotatable bonds is 4. The highest BCUT2D eigenvalue weighted by molar-refractivity contribution is 7.89. The zero-order valence-electron chi connectivity index (χ0n) is 11.0. The smallest absolute Gasteiger partial charge is 0.259 e. The van der Waals surface area contributed by atoms with Crippen molar-refractivity contribution in [1.82, 2.24) is 19.2 Å². The molecule has 1 saturated heterocycles. The summed E-state index contributed by atoms with van der Waals surface area (Å²) >= 11 is 0. The highest BCUT2D eigenvalue weighted by Crippen LogP contribution is 2.18. The Kier molecular flexibility index (Phi) is 3.74. The van der Waals surface area contributed by atoms with Gasteiger partial charge < -0.3 is 9.88 Å². The topological polar surface area (TPSA) is 69.3 Å². The fraction of sp³-hybridized carbons (Fsp3) is 0.727. The first-order chi connectivity index (χ1) is 8.41. The van der Waals surface area contributed by atoms with Crippen LogP contribution in [0.4, 0.5) is 0 Å². The molecule has 0 saturated carbocycles. The normalized spacial score (nSPS) is 21.9. The SMILES string of the molecule is Cc1ncc(S(=O)(=O)N(C)CC2CCCN2C)[nH]1. The van der Waals surface area contributed by atoms with Gasteiger partial charge in [0.1, 0.15) is 5.82 Å². The molecule has 1 fully saturated rings. The molecule has 0 radical (unpaired) electrons. The third-order valence-corrected chi connectivity index (χ3v) is 5.24. The van der Waals surface area contributed by atoms with Gasteiger partial charge >= 0.3 is 0 Å². The fourth-order valence-electron chi connectivity index (χ4n) is 2.30. The number of hydrogen-bond acceptors (Lipinski definition) is 4. The van der Waals surface area contributed by atoms with Crippen molar-refractivity contribution in [3.8, 4) is 0 Å². The van der Waals surface area contributed by atoms with Crippen LogP contribution < -0.4 is 0 Å². The first-order valence-corrected chi connectivity index (χ1v) is 7.53. The van der Waals surface area contributed by atoms with Gasteiger partial charge in [-0.25, -0.2) is 13.4 Å². The van der Waals surface area contributed by atoms with Gasteiger partial charge in [-0.2, -0.15) is 4.31 Å². The first kappa shape index (κ1) is 13.5. The molecule has 102 valence electrons. The summed E-state index contributed by atoms with van der Waals surface area (Å²) in [5.41, 5.74) is 0. The summed E-state index contributed by atoms with van der Waals surface area (Å²) in [4.78, 5) is 8.93. The average Bonchev–Trinajstić information content (AvgIpc) is 2.89. The van der Waals surface area contributed by atoms with Crippen LogP contribution in [-0.2, 0) is 10.0 Å². The monoisotopic (exact) mass is 272 g/mol. The van der Waals surface area contributed by atoms with Crippen molar-refractivity contribution in [3.63, 3.8) is 0 Å². The van der Waals surface area contributed by atoms with Crippen LogP contribution in [0.5, 0.6) is 0 Å². The molecule has 1 N–H and O–H groups in total. The average molecular weight is 272 g/mol. The van der Waals surface area contributed by atoms with Crippen molar-refractivity contribution >= 4 is 10.0 Å². The molecule has 0 aliphatic carbocycles. The molecule has 7 heteroatoms. The number of aromatic nitrogens is 2. The van der Waals surface area contributed by atoms with Crippen molar-refractivity contribution in [1.29, 1.82) is 0 Å². The Morgan fingerprint density at radius 3 is 2.83 bits per heavy atom. The zero-order valence-corrected chi connectivity index (χ0v) is 11.9. The molecule has 1 aliphatic heterocycles. The van der Waals surface area contributed by atoms with Gasteiger partial charge in [-0.05, 0) is 33.4 Å². The Balaban J connectivity index is 2.10. The van der Waals surface area contributed by atoms with Crippen LogP contribution in [0.2, 0.25) is 0 Å². The van der Waals surface area contributed by atoms with Gasteiger partial charge in [0, 0.05) is 19.6 Å². The third kappa shape index (κ3) is 2.57. The molecule has 1 aromatic heterocycles. The Bertz CT molecular complexity index is 511. The minimum absolute atomic E-state index is 0.170. The van der Waals surface area contributed by atoms with E-state index in [0.29, 0.717) is 18.4 Å². The number of hydrogen-bond donors (Lipinski definition) is 1. The van der Waals surface area contributed by atoms with E-state index in [1.54, 1.807) is 14.0 Å². The van der Waals surface area contributed by atoms with Crippen molar-refractivity contribution in [2.45, 2.75) is 30.8 Å². The van der Waals surface area contributed by atoms with Crippen molar-refractivity contribution in [3.05, 3.63) is 12.0 Å². The fourth-order valence-corrected chi connectivity index (χ4v) is 3.47. The summed E-state index contributed by atoms with van der Waals surface area (Å²) in [6.07, 6.45) is 3.57. The number of likely N-dealkylation sites (N-methyl/N-ethyl adjacent to an activating group) is 2. The van der Waals surface area contributed by atoms with Crippen molar-refractivity contribution in [2.24, 2.45) is 0 Å². The summed E-state index contributed by atoms with van der Waals surface area (Å²) in [6.45, 7) is 3.31. The van der Waals surface area contributed by atoms with Crippen LogP contribution >= 0.6 is 0 Å². The summed E-state index contributed by atoms with van der Waals surface area (Å²) in [6, 6.07) is 0.314. The second-order valence-electron chi connectivity index (χ2n) is 4.90. The van der Waals surface area contributed by atoms with E-state index in [4.69, 9.17) is 0 Å². The minimum atomic E-state index is -3.44. The van der Waals surface area contributed by atoms with Gasteiger partial charge in [0.05, 0.1) is 6.20 Å². The lowest BCUT2D eigenvalue weighted by atomic mass is 10.2. The lowest BCUT2D eigenvalue weighted by Crippen LogP contribution is -2.39. The number of aromatic amines is 1. The summed E-state index contributed by atoms with van der Waals surface area (Å²) in [5.74, 6) is 0.611. The quantitative estimate of drug-likeness (QED) is 0.863. The number of nitrogens with one attached hydrogen (secondary N) is 1. The molecule has 0 aromatic carbocycles. The minimum Gasteiger partial charge on any atom is -0.332 e. The molecule has 1 atom stereocenters. The van der Waals surface area contributed by atoms with Crippen molar-refractivity contribution in [2.75, 3.05) is 27.2 Å². The van der Waals surface area contributed by atoms with E-state index < -0.39 is 10.0 Å². The Morgan fingerprint density at radius 2 is 2.33 bits per heavy atom. The molecular formula is C11H20N4O2S. The number of likely N-dealkylation sites (tertiary alicyclic amines) is 1. The summed E-state index contributed by atoms with van der Waals surface area (Å²) < 4.78 is 26.0. The Hall–Kier alpha value is -0.920. The maximum Gasteiger partial charge on any atom is 0.259 e. The summed E-state index contributed by atoms with van der Waals surface area (Å²) in [7, 11) is 0.222. The molecule has 0 spiro atoms. The molecule has 2 rings (SSSR count). The molecule has 1 unspecified atom stereocenters. The van der Waals surface area contributed by atoms with E-state index >= 15 is 0 Å². The molecule has 1 aromatic rings. The van der Waals surface area contributed by atoms with Gasteiger partial charge in [0.2, 0.25) is 0 Å². The van der Waals surface area contributed by atoms with Gasteiger partial charge in [-0.3, -0.25) is 0 Å². The zero-order chi connectivity index (χ0) is 13.3. The number of imidazole rings is 1. The second-order valence-corrected chi connectivity index (χ2v) is 6.91. The van der Waals surface area contributed by atoms with Crippen molar-refractivity contribution < 1.29 is 8.42 Å². The lowest BCUT2D eigenvalue weighted by molar-refractivity contribution is 0.271. The molecule has 0 amide bonds. The van der Waals surface area contributed by atoms with Crippen LogP contribution in [-0.4, -0.2) is 60.8 Å². The number of sulfonamides is 1. The maximum absolute atomic E-state index is 12.3. The van der Waals surface area contributed by atoms with E-state index in [-0.39, 0.29) is 5.03 Å². The molecule has 1 aliphatic rings. The van der Waals surface area contributed by atoms with E-state index in [0.717, 1.165) is 19.4 Å². The highest BCUT2D eigenvalue weighted by atomic mass is 32.2. The molecule has 0 bridgehead atoms. The van der Waals surface area contributed by atoms with Crippen LogP contribution in [0, 0.1) is 6.92 Å². The standard InChI is InChI=1S/C11H20N4O2S/c1-9-12-7-11(13-9)18(16,17)15(3)8-10-5-4-6-14(10)2/h7,10H,4-6,8H2,1-3H3,(H,12,13). The largest absolute Gasteiger partial charge is 0.332 e. The molecule has 2 heterocycles. The predicted molar refractivity (Wildman–Crippen MR) is 68.8 cm³/mol. The molecule has 6 nitrogen and oxygen atoms in total. The third-order valence-electron chi connectivity index (χ3n) is 3.51. The van der Waals surface area contributed by atoms with E-state index in [9.17, 15) is 8.42 Å². The first-order valence-electron chi connectivity index (χ1n) is 6.09.